The second-order valence-electron chi connectivity index (χ2n) is 6.03. The first kappa shape index (κ1) is 18.6. The molecular formula is C17H15F3N4O3. The van der Waals surface area contributed by atoms with Crippen LogP contribution in [0.25, 0.3) is 0 Å². The summed E-state index contributed by atoms with van der Waals surface area (Å²) in [6.07, 6.45) is -4.10. The van der Waals surface area contributed by atoms with Crippen LogP contribution in [0.15, 0.2) is 36.4 Å². The number of hydrogen-bond donors (Lipinski definition) is 2. The Morgan fingerprint density at radius 1 is 1.15 bits per heavy atom. The number of aromatic carboxylic acids is 1. The van der Waals surface area contributed by atoms with Crippen LogP contribution in [0.3, 0.4) is 0 Å². The van der Waals surface area contributed by atoms with Crippen LogP contribution >= 0.6 is 0 Å². The molecule has 1 fully saturated rings. The Labute approximate surface area is 151 Å². The van der Waals surface area contributed by atoms with Crippen LogP contribution in [0.2, 0.25) is 0 Å². The first-order valence-electron chi connectivity index (χ1n) is 8.05. The van der Waals surface area contributed by atoms with Gasteiger partial charge in [0.25, 0.3) is 5.91 Å². The van der Waals surface area contributed by atoms with Crippen LogP contribution in [0, 0.1) is 0 Å². The zero-order valence-corrected chi connectivity index (χ0v) is 13.9. The lowest BCUT2D eigenvalue weighted by Crippen LogP contribution is -2.38. The van der Waals surface area contributed by atoms with Crippen molar-refractivity contribution in [3.63, 3.8) is 0 Å². The Kier molecular flexibility index (Phi) is 4.98. The van der Waals surface area contributed by atoms with E-state index in [0.29, 0.717) is 25.3 Å². The third kappa shape index (κ3) is 4.15. The molecule has 0 aliphatic carbocycles. The topological polar surface area (TPSA) is 95.4 Å². The number of benzene rings is 1. The maximum Gasteiger partial charge on any atom is 0.417 e. The van der Waals surface area contributed by atoms with E-state index in [0.717, 1.165) is 12.1 Å². The van der Waals surface area contributed by atoms with Gasteiger partial charge in [-0.15, -0.1) is 10.2 Å². The standard InChI is InChI=1S/C17H15F3N4O3/c18-17(19,20)12-4-2-1-3-11(12)15(25)21-10-7-8-24(9-10)14-6-5-13(16(26)27)22-23-14/h1-6,10H,7-9H2,(H,21,25)(H,26,27). The van der Waals surface area contributed by atoms with Gasteiger partial charge in [-0.1, -0.05) is 12.1 Å². The van der Waals surface area contributed by atoms with Gasteiger partial charge in [0.2, 0.25) is 0 Å². The number of carbonyl (C=O) groups is 2. The Bertz CT molecular complexity index is 855. The first-order valence-corrected chi connectivity index (χ1v) is 8.05. The second kappa shape index (κ2) is 7.22. The molecule has 1 unspecified atom stereocenters. The van der Waals surface area contributed by atoms with Gasteiger partial charge in [-0.2, -0.15) is 13.2 Å². The van der Waals surface area contributed by atoms with E-state index >= 15 is 0 Å². The number of rotatable bonds is 4. The highest BCUT2D eigenvalue weighted by atomic mass is 19.4. The van der Waals surface area contributed by atoms with Gasteiger partial charge in [0, 0.05) is 19.1 Å². The Morgan fingerprint density at radius 2 is 1.89 bits per heavy atom. The predicted molar refractivity (Wildman–Crippen MR) is 88.5 cm³/mol. The summed E-state index contributed by atoms with van der Waals surface area (Å²) >= 11 is 0. The number of nitrogens with zero attached hydrogens (tertiary/aromatic N) is 3. The highest BCUT2D eigenvalue weighted by Crippen LogP contribution is 2.32. The van der Waals surface area contributed by atoms with Crippen LogP contribution in [0.4, 0.5) is 19.0 Å². The van der Waals surface area contributed by atoms with Crippen LogP contribution in [-0.4, -0.2) is 46.3 Å². The molecule has 1 aromatic carbocycles. The second-order valence-corrected chi connectivity index (χ2v) is 6.03. The molecule has 27 heavy (non-hydrogen) atoms. The van der Waals surface area contributed by atoms with Crippen molar-refractivity contribution in [2.24, 2.45) is 0 Å². The lowest BCUT2D eigenvalue weighted by molar-refractivity contribution is -0.137. The number of amides is 1. The summed E-state index contributed by atoms with van der Waals surface area (Å²) in [5.74, 6) is -1.54. The maximum atomic E-state index is 13.0. The van der Waals surface area contributed by atoms with E-state index in [1.807, 2.05) is 0 Å². The van der Waals surface area contributed by atoms with E-state index in [-0.39, 0.29) is 11.7 Å². The van der Waals surface area contributed by atoms with Gasteiger partial charge in [0.1, 0.15) is 0 Å². The fourth-order valence-corrected chi connectivity index (χ4v) is 2.89. The van der Waals surface area contributed by atoms with E-state index in [9.17, 15) is 22.8 Å². The van der Waals surface area contributed by atoms with Gasteiger partial charge in [-0.3, -0.25) is 4.79 Å². The minimum absolute atomic E-state index is 0.188. The number of aromatic nitrogens is 2. The summed E-state index contributed by atoms with van der Waals surface area (Å²) in [5, 5.41) is 18.9. The number of anilines is 1. The average Bonchev–Trinajstić information content (AvgIpc) is 3.09. The summed E-state index contributed by atoms with van der Waals surface area (Å²) in [4.78, 5) is 24.9. The molecule has 142 valence electrons. The van der Waals surface area contributed by atoms with Gasteiger partial charge in [0.05, 0.1) is 11.1 Å². The minimum atomic E-state index is -4.61. The molecular weight excluding hydrogens is 365 g/mol. The quantitative estimate of drug-likeness (QED) is 0.844. The minimum Gasteiger partial charge on any atom is -0.476 e. The number of hydrogen-bond acceptors (Lipinski definition) is 5. The SMILES string of the molecule is O=C(O)c1ccc(N2CCC(NC(=O)c3ccccc3C(F)(F)F)C2)nn1. The van der Waals surface area contributed by atoms with Crippen molar-refractivity contribution in [1.29, 1.82) is 0 Å². The fourth-order valence-electron chi connectivity index (χ4n) is 2.89. The largest absolute Gasteiger partial charge is 0.476 e. The lowest BCUT2D eigenvalue weighted by Gasteiger charge is -2.18. The Balaban J connectivity index is 1.67. The summed E-state index contributed by atoms with van der Waals surface area (Å²) in [6, 6.07) is 7.08. The highest BCUT2D eigenvalue weighted by Gasteiger charge is 2.35. The number of carboxylic acids is 1. The third-order valence-electron chi connectivity index (χ3n) is 4.19. The molecule has 2 N–H and O–H groups in total. The van der Waals surface area contributed by atoms with Crippen LogP contribution < -0.4 is 10.2 Å². The molecule has 1 atom stereocenters. The van der Waals surface area contributed by atoms with Gasteiger partial charge in [-0.25, -0.2) is 4.79 Å². The summed E-state index contributed by atoms with van der Waals surface area (Å²) < 4.78 is 39.1. The van der Waals surface area contributed by atoms with Gasteiger partial charge in [0.15, 0.2) is 11.5 Å². The lowest BCUT2D eigenvalue weighted by atomic mass is 10.1. The molecule has 3 rings (SSSR count). The van der Waals surface area contributed by atoms with Gasteiger partial charge >= 0.3 is 12.1 Å². The molecule has 2 heterocycles. The predicted octanol–water partition coefficient (Wildman–Crippen LogP) is 2.20. The number of nitrogens with one attached hydrogen (secondary N) is 1. The number of carboxylic acid groups (broad SMARTS) is 1. The fraction of sp³-hybridized carbons (Fsp3) is 0.294. The smallest absolute Gasteiger partial charge is 0.417 e. The molecule has 1 amide bonds. The van der Waals surface area contributed by atoms with Crippen molar-refractivity contribution < 1.29 is 27.9 Å². The summed E-state index contributed by atoms with van der Waals surface area (Å²) in [7, 11) is 0. The van der Waals surface area contributed by atoms with Crippen molar-refractivity contribution in [2.75, 3.05) is 18.0 Å². The van der Waals surface area contributed by atoms with Crippen molar-refractivity contribution in [3.05, 3.63) is 53.2 Å². The van der Waals surface area contributed by atoms with E-state index in [4.69, 9.17) is 5.11 Å². The highest BCUT2D eigenvalue weighted by molar-refractivity contribution is 5.96. The molecule has 10 heteroatoms. The molecule has 1 saturated heterocycles. The normalized spacial score (nSPS) is 17.0. The van der Waals surface area contributed by atoms with Crippen LogP contribution in [0.1, 0.15) is 32.8 Å². The molecule has 0 bridgehead atoms. The van der Waals surface area contributed by atoms with E-state index < -0.39 is 29.2 Å². The zero-order chi connectivity index (χ0) is 19.6. The van der Waals surface area contributed by atoms with Crippen molar-refractivity contribution in [2.45, 2.75) is 18.6 Å². The first-order chi connectivity index (χ1) is 12.8. The summed E-state index contributed by atoms with van der Waals surface area (Å²) in [5.41, 5.74) is -1.59. The molecule has 2 aromatic rings. The number of halogens is 3. The summed E-state index contributed by atoms with van der Waals surface area (Å²) in [6.45, 7) is 0.841. The average molecular weight is 380 g/mol. The molecule has 1 aromatic heterocycles. The molecule has 0 spiro atoms. The van der Waals surface area contributed by atoms with Crippen LogP contribution in [0.5, 0.6) is 0 Å². The van der Waals surface area contributed by atoms with Crippen LogP contribution in [-0.2, 0) is 6.18 Å². The molecule has 0 saturated carbocycles. The van der Waals surface area contributed by atoms with E-state index in [1.54, 1.807) is 4.90 Å². The third-order valence-corrected chi connectivity index (χ3v) is 4.19. The van der Waals surface area contributed by atoms with E-state index in [1.165, 1.54) is 24.3 Å². The van der Waals surface area contributed by atoms with Crippen molar-refractivity contribution >= 4 is 17.7 Å². The maximum absolute atomic E-state index is 13.0. The van der Waals surface area contributed by atoms with Gasteiger partial charge in [-0.05, 0) is 30.7 Å². The zero-order valence-electron chi connectivity index (χ0n) is 13.9. The molecule has 1 aliphatic rings. The molecule has 0 radical (unpaired) electrons. The van der Waals surface area contributed by atoms with Crippen molar-refractivity contribution in [1.82, 2.24) is 15.5 Å². The van der Waals surface area contributed by atoms with Crippen molar-refractivity contribution in [3.8, 4) is 0 Å². The molecule has 1 aliphatic heterocycles. The molecule has 7 nitrogen and oxygen atoms in total. The number of carbonyl (C=O) groups excluding carboxylic acids is 1. The Morgan fingerprint density at radius 3 is 2.52 bits per heavy atom. The van der Waals surface area contributed by atoms with E-state index in [2.05, 4.69) is 15.5 Å². The Hall–Kier alpha value is -3.17. The van der Waals surface area contributed by atoms with Gasteiger partial charge < -0.3 is 15.3 Å². The monoisotopic (exact) mass is 380 g/mol. The number of alkyl halides is 3.